The lowest BCUT2D eigenvalue weighted by Gasteiger charge is -2.31. The number of carbonyl (C=O) groups is 2. The Morgan fingerprint density at radius 1 is 1.14 bits per heavy atom. The second-order valence-corrected chi connectivity index (χ2v) is 8.92. The molecule has 186 valence electrons. The lowest BCUT2D eigenvalue weighted by Crippen LogP contribution is -2.40. The number of carbonyl (C=O) groups excluding carboxylic acids is 2. The highest BCUT2D eigenvalue weighted by Crippen LogP contribution is 2.33. The van der Waals surface area contributed by atoms with Crippen molar-refractivity contribution in [1.29, 1.82) is 0 Å². The van der Waals surface area contributed by atoms with Crippen LogP contribution >= 0.6 is 0 Å². The molecule has 0 bridgehead atoms. The van der Waals surface area contributed by atoms with E-state index in [2.05, 4.69) is 32.1 Å². The minimum absolute atomic E-state index is 0.0752. The molecule has 0 radical (unpaired) electrons. The molecule has 1 aromatic carbocycles. The lowest BCUT2D eigenvalue weighted by atomic mass is 10.1. The van der Waals surface area contributed by atoms with Gasteiger partial charge in [-0.3, -0.25) is 9.59 Å². The number of pyridine rings is 1. The third kappa shape index (κ3) is 4.84. The van der Waals surface area contributed by atoms with Gasteiger partial charge in [-0.15, -0.1) is 0 Å². The first-order valence-corrected chi connectivity index (χ1v) is 12.0. The van der Waals surface area contributed by atoms with E-state index in [0.29, 0.717) is 47.0 Å². The first-order chi connectivity index (χ1) is 17.9. The number of nitrogens with one attached hydrogen (secondary N) is 1. The van der Waals surface area contributed by atoms with Gasteiger partial charge in [-0.1, -0.05) is 18.1 Å². The van der Waals surface area contributed by atoms with Crippen molar-refractivity contribution >= 4 is 34.5 Å². The molecular formula is C27H26N8O2. The molecule has 1 saturated heterocycles. The molecule has 0 spiro atoms. The summed E-state index contributed by atoms with van der Waals surface area (Å²) in [5.74, 6) is 5.67. The van der Waals surface area contributed by atoms with Gasteiger partial charge < -0.3 is 16.0 Å². The van der Waals surface area contributed by atoms with E-state index >= 15 is 0 Å². The number of rotatable bonds is 4. The third-order valence-corrected chi connectivity index (χ3v) is 6.36. The zero-order chi connectivity index (χ0) is 25.9. The van der Waals surface area contributed by atoms with Crippen LogP contribution in [-0.4, -0.2) is 54.5 Å². The smallest absolute Gasteiger partial charge is 0.298 e. The normalized spacial score (nSPS) is 15.2. The van der Waals surface area contributed by atoms with E-state index < -0.39 is 0 Å². The maximum absolute atomic E-state index is 12.7. The van der Waals surface area contributed by atoms with Gasteiger partial charge in [0.25, 0.3) is 11.8 Å². The zero-order valence-electron chi connectivity index (χ0n) is 20.6. The van der Waals surface area contributed by atoms with Crippen LogP contribution in [0.25, 0.3) is 22.3 Å². The Hall–Kier alpha value is -4.78. The molecule has 2 amide bonds. The number of nitrogen functional groups attached to an aromatic ring is 1. The van der Waals surface area contributed by atoms with Gasteiger partial charge in [0.05, 0.1) is 11.4 Å². The van der Waals surface area contributed by atoms with Gasteiger partial charge in [-0.05, 0) is 62.4 Å². The van der Waals surface area contributed by atoms with Crippen molar-refractivity contribution in [2.45, 2.75) is 32.7 Å². The third-order valence-electron chi connectivity index (χ3n) is 6.36. The van der Waals surface area contributed by atoms with Crippen molar-refractivity contribution < 1.29 is 9.59 Å². The minimum Gasteiger partial charge on any atom is -0.383 e. The van der Waals surface area contributed by atoms with Crippen LogP contribution < -0.4 is 11.1 Å². The quantitative estimate of drug-likeness (QED) is 0.416. The monoisotopic (exact) mass is 494 g/mol. The van der Waals surface area contributed by atoms with Gasteiger partial charge in [0.1, 0.15) is 23.7 Å². The Morgan fingerprint density at radius 2 is 1.95 bits per heavy atom. The summed E-state index contributed by atoms with van der Waals surface area (Å²) < 4.78 is 1.84. The maximum Gasteiger partial charge on any atom is 0.298 e. The average Bonchev–Trinajstić information content (AvgIpc) is 3.30. The molecule has 1 fully saturated rings. The topological polar surface area (TPSA) is 132 Å². The molecule has 10 nitrogen and oxygen atoms in total. The van der Waals surface area contributed by atoms with Crippen LogP contribution in [0.2, 0.25) is 0 Å². The molecule has 1 aliphatic heterocycles. The summed E-state index contributed by atoms with van der Waals surface area (Å²) in [7, 11) is 0. The van der Waals surface area contributed by atoms with Crippen molar-refractivity contribution in [3.8, 4) is 23.1 Å². The fourth-order valence-corrected chi connectivity index (χ4v) is 4.55. The molecule has 0 saturated carbocycles. The van der Waals surface area contributed by atoms with E-state index in [1.54, 1.807) is 30.2 Å². The number of hydrogen-bond acceptors (Lipinski definition) is 7. The number of nitrogens with zero attached hydrogens (tertiary/aromatic N) is 6. The van der Waals surface area contributed by atoms with E-state index in [9.17, 15) is 9.59 Å². The number of fused-ring (bicyclic) bond motifs is 1. The number of likely N-dealkylation sites (tertiary alicyclic amines) is 1. The number of amides is 2. The van der Waals surface area contributed by atoms with Crippen molar-refractivity contribution in [3.63, 3.8) is 0 Å². The summed E-state index contributed by atoms with van der Waals surface area (Å²) in [6, 6.07) is 10.7. The fraction of sp³-hybridized carbons (Fsp3) is 0.259. The minimum atomic E-state index is -0.259. The summed E-state index contributed by atoms with van der Waals surface area (Å²) in [4.78, 5) is 39.7. The van der Waals surface area contributed by atoms with Crippen LogP contribution in [0.4, 0.5) is 11.6 Å². The molecule has 1 atom stereocenters. The molecule has 10 heteroatoms. The molecule has 3 aromatic heterocycles. The highest BCUT2D eigenvalue weighted by Gasteiger charge is 2.28. The SMILES string of the molecule is CC#CC(=O)N1CCCC(n2nc(-c3ccc(C(=O)Nc4cc(C)ccn4)cc3)c3c(N)ncnc32)C1. The van der Waals surface area contributed by atoms with Gasteiger partial charge in [-0.2, -0.15) is 5.10 Å². The van der Waals surface area contributed by atoms with Crippen molar-refractivity contribution in [2.75, 3.05) is 24.1 Å². The standard InChI is InChI=1S/C27H26N8O2/c1-3-5-22(36)34-13-4-6-20(15-34)35-26-23(25(28)30-16-31-26)24(33-35)18-7-9-19(10-8-18)27(37)32-21-14-17(2)11-12-29-21/h7-12,14,16,20H,4,6,13,15H2,1-2H3,(H2,28,30,31)(H,29,32,37). The Morgan fingerprint density at radius 3 is 2.70 bits per heavy atom. The Bertz CT molecular complexity index is 1550. The van der Waals surface area contributed by atoms with Crippen LogP contribution in [0.1, 0.15) is 41.7 Å². The van der Waals surface area contributed by atoms with Gasteiger partial charge >= 0.3 is 0 Å². The first kappa shape index (κ1) is 23.9. The average molecular weight is 495 g/mol. The van der Waals surface area contributed by atoms with E-state index in [-0.39, 0.29) is 17.9 Å². The second kappa shape index (κ2) is 10.1. The first-order valence-electron chi connectivity index (χ1n) is 12.0. The lowest BCUT2D eigenvalue weighted by molar-refractivity contribution is -0.126. The van der Waals surface area contributed by atoms with Crippen LogP contribution in [0, 0.1) is 18.8 Å². The van der Waals surface area contributed by atoms with Gasteiger partial charge in [-0.25, -0.2) is 19.6 Å². The number of aryl methyl sites for hydroxylation is 1. The number of aromatic nitrogens is 5. The number of benzene rings is 1. The molecule has 4 heterocycles. The molecule has 5 rings (SSSR count). The summed E-state index contributed by atoms with van der Waals surface area (Å²) in [6.07, 6.45) is 4.75. The summed E-state index contributed by atoms with van der Waals surface area (Å²) in [6.45, 7) is 4.74. The summed E-state index contributed by atoms with van der Waals surface area (Å²) >= 11 is 0. The Kier molecular flexibility index (Phi) is 6.51. The molecule has 3 N–H and O–H groups in total. The predicted molar refractivity (Wildman–Crippen MR) is 140 cm³/mol. The molecule has 4 aromatic rings. The van der Waals surface area contributed by atoms with Gasteiger partial charge in [0.2, 0.25) is 0 Å². The molecule has 37 heavy (non-hydrogen) atoms. The van der Waals surface area contributed by atoms with E-state index in [4.69, 9.17) is 10.8 Å². The molecular weight excluding hydrogens is 468 g/mol. The number of hydrogen-bond donors (Lipinski definition) is 2. The molecule has 1 aliphatic rings. The molecule has 1 unspecified atom stereocenters. The number of anilines is 2. The summed E-state index contributed by atoms with van der Waals surface area (Å²) in [5.41, 5.74) is 9.76. The highest BCUT2D eigenvalue weighted by molar-refractivity contribution is 6.04. The predicted octanol–water partition coefficient (Wildman–Crippen LogP) is 3.22. The van der Waals surface area contributed by atoms with Gasteiger partial charge in [0.15, 0.2) is 5.65 Å². The summed E-state index contributed by atoms with van der Waals surface area (Å²) in [5, 5.41) is 8.34. The van der Waals surface area contributed by atoms with Crippen molar-refractivity contribution in [3.05, 3.63) is 60.0 Å². The van der Waals surface area contributed by atoms with Gasteiger partial charge in [0, 0.05) is 30.4 Å². The number of nitrogens with two attached hydrogens (primary N) is 1. The fourth-order valence-electron chi connectivity index (χ4n) is 4.55. The molecule has 0 aliphatic carbocycles. The zero-order valence-corrected chi connectivity index (χ0v) is 20.6. The second-order valence-electron chi connectivity index (χ2n) is 8.92. The Balaban J connectivity index is 1.45. The van der Waals surface area contributed by atoms with Crippen molar-refractivity contribution in [2.24, 2.45) is 0 Å². The van der Waals surface area contributed by atoms with Crippen LogP contribution in [0.5, 0.6) is 0 Å². The van der Waals surface area contributed by atoms with Crippen LogP contribution in [0.15, 0.2) is 48.9 Å². The van der Waals surface area contributed by atoms with Crippen LogP contribution in [-0.2, 0) is 4.79 Å². The van der Waals surface area contributed by atoms with E-state index in [1.165, 1.54) is 6.33 Å². The Labute approximate surface area is 213 Å². The number of piperidine rings is 1. The van der Waals surface area contributed by atoms with Crippen LogP contribution in [0.3, 0.4) is 0 Å². The van der Waals surface area contributed by atoms with Crippen molar-refractivity contribution in [1.82, 2.24) is 29.6 Å². The van der Waals surface area contributed by atoms with E-state index in [1.807, 2.05) is 35.9 Å². The van der Waals surface area contributed by atoms with E-state index in [0.717, 1.165) is 24.0 Å². The maximum atomic E-state index is 12.7. The highest BCUT2D eigenvalue weighted by atomic mass is 16.2. The largest absolute Gasteiger partial charge is 0.383 e.